The molecule has 0 aliphatic carbocycles. The Morgan fingerprint density at radius 1 is 1.24 bits per heavy atom. The first-order chi connectivity index (χ1) is 13.8. The van der Waals surface area contributed by atoms with Gasteiger partial charge in [-0.15, -0.1) is 0 Å². The molecule has 2 N–H and O–H groups in total. The van der Waals surface area contributed by atoms with Crippen LogP contribution in [0.4, 0.5) is 5.69 Å². The Bertz CT molecular complexity index is 1000. The molecule has 0 aromatic heterocycles. The second-order valence-electron chi connectivity index (χ2n) is 6.89. The van der Waals surface area contributed by atoms with Gasteiger partial charge in [0.1, 0.15) is 11.3 Å². The minimum Gasteiger partial charge on any atom is -0.492 e. The second-order valence-corrected chi connectivity index (χ2v) is 9.82. The normalized spacial score (nSPS) is 15.1. The summed E-state index contributed by atoms with van der Waals surface area (Å²) in [4.78, 5) is 11.6. The molecule has 1 aliphatic rings. The molecule has 29 heavy (non-hydrogen) atoms. The highest BCUT2D eigenvalue weighted by atomic mass is 127. The van der Waals surface area contributed by atoms with Gasteiger partial charge >= 0.3 is 5.97 Å². The summed E-state index contributed by atoms with van der Waals surface area (Å²) in [5.41, 5.74) is 1.04. The SMILES string of the molecule is Cc1cc(I)ccc1NS(=O)(=O)c1ccc(OCC2CCOCC2)c(C(=O)O)c1. The van der Waals surface area contributed by atoms with E-state index in [9.17, 15) is 18.3 Å². The highest BCUT2D eigenvalue weighted by Crippen LogP contribution is 2.27. The van der Waals surface area contributed by atoms with Crippen LogP contribution in [0.5, 0.6) is 5.75 Å². The Labute approximate surface area is 183 Å². The maximum atomic E-state index is 12.8. The number of hydrogen-bond acceptors (Lipinski definition) is 5. The molecule has 1 fully saturated rings. The predicted molar refractivity (Wildman–Crippen MR) is 117 cm³/mol. The van der Waals surface area contributed by atoms with Crippen molar-refractivity contribution in [3.63, 3.8) is 0 Å². The van der Waals surface area contributed by atoms with Crippen LogP contribution in [0, 0.1) is 16.4 Å². The van der Waals surface area contributed by atoms with Crippen LogP contribution in [0.15, 0.2) is 41.3 Å². The van der Waals surface area contributed by atoms with Gasteiger partial charge < -0.3 is 14.6 Å². The van der Waals surface area contributed by atoms with E-state index in [1.807, 2.05) is 6.07 Å². The number of anilines is 1. The minimum absolute atomic E-state index is 0.133. The molecule has 0 bridgehead atoms. The van der Waals surface area contributed by atoms with E-state index >= 15 is 0 Å². The van der Waals surface area contributed by atoms with E-state index in [2.05, 4.69) is 27.3 Å². The highest BCUT2D eigenvalue weighted by Gasteiger charge is 2.22. The number of hydrogen-bond donors (Lipinski definition) is 2. The fraction of sp³-hybridized carbons (Fsp3) is 0.350. The van der Waals surface area contributed by atoms with Gasteiger partial charge in [0.05, 0.1) is 17.2 Å². The van der Waals surface area contributed by atoms with Crippen LogP contribution in [0.2, 0.25) is 0 Å². The maximum absolute atomic E-state index is 12.8. The monoisotopic (exact) mass is 531 g/mol. The average molecular weight is 531 g/mol. The van der Waals surface area contributed by atoms with Crippen LogP contribution in [0.25, 0.3) is 0 Å². The summed E-state index contributed by atoms with van der Waals surface area (Å²) < 4.78 is 40.1. The molecule has 0 spiro atoms. The lowest BCUT2D eigenvalue weighted by atomic mass is 10.0. The topological polar surface area (TPSA) is 102 Å². The lowest BCUT2D eigenvalue weighted by molar-refractivity contribution is 0.0490. The number of aromatic carboxylic acids is 1. The minimum atomic E-state index is -3.94. The molecule has 0 atom stereocenters. The third-order valence-corrected chi connectivity index (χ3v) is 6.77. The zero-order valence-corrected chi connectivity index (χ0v) is 18.8. The van der Waals surface area contributed by atoms with E-state index in [1.165, 1.54) is 12.1 Å². The Balaban J connectivity index is 1.81. The maximum Gasteiger partial charge on any atom is 0.339 e. The molecule has 1 aliphatic heterocycles. The van der Waals surface area contributed by atoms with Gasteiger partial charge in [-0.3, -0.25) is 4.72 Å². The van der Waals surface area contributed by atoms with Crippen LogP contribution >= 0.6 is 22.6 Å². The molecule has 2 aromatic carbocycles. The Morgan fingerprint density at radius 3 is 2.62 bits per heavy atom. The Kier molecular flexibility index (Phi) is 7.01. The van der Waals surface area contributed by atoms with Crippen molar-refractivity contribution in [1.82, 2.24) is 0 Å². The molecule has 0 amide bonds. The molecule has 7 nitrogen and oxygen atoms in total. The van der Waals surface area contributed by atoms with E-state index in [1.54, 1.807) is 19.1 Å². The standard InChI is InChI=1S/C20H22INO6S/c1-13-10-15(21)2-4-18(13)22-29(25,26)16-3-5-19(17(11-16)20(23)24)28-12-14-6-8-27-9-7-14/h2-5,10-11,14,22H,6-9,12H2,1H3,(H,23,24). The van der Waals surface area contributed by atoms with E-state index in [4.69, 9.17) is 9.47 Å². The first-order valence-corrected chi connectivity index (χ1v) is 11.7. The van der Waals surface area contributed by atoms with E-state index in [0.717, 1.165) is 28.0 Å². The molecular formula is C20H22INO6S. The Morgan fingerprint density at radius 2 is 1.97 bits per heavy atom. The number of ether oxygens (including phenoxy) is 2. The molecule has 0 saturated carbocycles. The molecule has 3 rings (SSSR count). The second kappa shape index (κ2) is 9.31. The summed E-state index contributed by atoms with van der Waals surface area (Å²) in [6, 6.07) is 9.22. The smallest absolute Gasteiger partial charge is 0.339 e. The van der Waals surface area contributed by atoms with Crippen molar-refractivity contribution in [2.75, 3.05) is 24.5 Å². The fourth-order valence-electron chi connectivity index (χ4n) is 3.04. The number of rotatable bonds is 7. The number of benzene rings is 2. The zero-order valence-electron chi connectivity index (χ0n) is 15.9. The largest absolute Gasteiger partial charge is 0.492 e. The molecule has 2 aromatic rings. The third kappa shape index (κ3) is 5.61. The molecule has 156 valence electrons. The molecular weight excluding hydrogens is 509 g/mol. The number of halogens is 1. The lowest BCUT2D eigenvalue weighted by Gasteiger charge is -2.22. The molecule has 0 radical (unpaired) electrons. The van der Waals surface area contributed by atoms with Gasteiger partial charge in [0, 0.05) is 16.8 Å². The first-order valence-electron chi connectivity index (χ1n) is 9.13. The summed E-state index contributed by atoms with van der Waals surface area (Å²) in [6.07, 6.45) is 1.71. The number of carboxylic acid groups (broad SMARTS) is 1. The number of sulfonamides is 1. The fourth-order valence-corrected chi connectivity index (χ4v) is 4.84. The number of nitrogens with one attached hydrogen (secondary N) is 1. The van der Waals surface area contributed by atoms with Crippen LogP contribution in [-0.4, -0.2) is 39.3 Å². The molecule has 1 saturated heterocycles. The van der Waals surface area contributed by atoms with Crippen LogP contribution in [0.1, 0.15) is 28.8 Å². The van der Waals surface area contributed by atoms with Gasteiger partial charge in [-0.1, -0.05) is 0 Å². The van der Waals surface area contributed by atoms with Crippen molar-refractivity contribution in [1.29, 1.82) is 0 Å². The van der Waals surface area contributed by atoms with Gasteiger partial charge in [0.2, 0.25) is 0 Å². The first kappa shape index (κ1) is 21.8. The van der Waals surface area contributed by atoms with Gasteiger partial charge in [0.15, 0.2) is 0 Å². The van der Waals surface area contributed by atoms with Crippen molar-refractivity contribution >= 4 is 44.3 Å². The molecule has 1 heterocycles. The number of carboxylic acids is 1. The summed E-state index contributed by atoms with van der Waals surface area (Å²) >= 11 is 2.15. The van der Waals surface area contributed by atoms with Crippen LogP contribution in [-0.2, 0) is 14.8 Å². The Hall–Kier alpha value is -1.85. The van der Waals surface area contributed by atoms with Crippen molar-refractivity contribution in [3.8, 4) is 5.75 Å². The van der Waals surface area contributed by atoms with Crippen LogP contribution in [0.3, 0.4) is 0 Å². The molecule has 0 unspecified atom stereocenters. The van der Waals surface area contributed by atoms with Gasteiger partial charge in [0.25, 0.3) is 10.0 Å². The lowest BCUT2D eigenvalue weighted by Crippen LogP contribution is -2.22. The number of carbonyl (C=O) groups is 1. The van der Waals surface area contributed by atoms with Crippen molar-refractivity contribution < 1.29 is 27.8 Å². The average Bonchev–Trinajstić information content (AvgIpc) is 2.69. The van der Waals surface area contributed by atoms with Gasteiger partial charge in [-0.2, -0.15) is 0 Å². The zero-order chi connectivity index (χ0) is 21.0. The predicted octanol–water partition coefficient (Wildman–Crippen LogP) is 3.90. The summed E-state index contributed by atoms with van der Waals surface area (Å²) in [7, 11) is -3.94. The van der Waals surface area contributed by atoms with E-state index in [-0.39, 0.29) is 16.2 Å². The third-order valence-electron chi connectivity index (χ3n) is 4.74. The van der Waals surface area contributed by atoms with E-state index in [0.29, 0.717) is 31.4 Å². The quantitative estimate of drug-likeness (QED) is 0.526. The summed E-state index contributed by atoms with van der Waals surface area (Å²) in [5.74, 6) is -0.790. The summed E-state index contributed by atoms with van der Waals surface area (Å²) in [5, 5.41) is 9.54. The van der Waals surface area contributed by atoms with Crippen LogP contribution < -0.4 is 9.46 Å². The highest BCUT2D eigenvalue weighted by molar-refractivity contribution is 14.1. The van der Waals surface area contributed by atoms with E-state index < -0.39 is 16.0 Å². The van der Waals surface area contributed by atoms with Gasteiger partial charge in [-0.25, -0.2) is 13.2 Å². The van der Waals surface area contributed by atoms with Crippen molar-refractivity contribution in [3.05, 3.63) is 51.1 Å². The summed E-state index contributed by atoms with van der Waals surface area (Å²) in [6.45, 7) is 3.51. The van der Waals surface area contributed by atoms with Gasteiger partial charge in [-0.05, 0) is 90.2 Å². The molecule has 9 heteroatoms. The van der Waals surface area contributed by atoms with Crippen molar-refractivity contribution in [2.45, 2.75) is 24.7 Å². The number of aryl methyl sites for hydroxylation is 1. The van der Waals surface area contributed by atoms with Crippen molar-refractivity contribution in [2.24, 2.45) is 5.92 Å².